The molecule has 0 aromatic heterocycles. The normalized spacial score (nSPS) is 18.4. The molecule has 20 heavy (non-hydrogen) atoms. The minimum absolute atomic E-state index is 0.0377. The summed E-state index contributed by atoms with van der Waals surface area (Å²) < 4.78 is 0. The maximum absolute atomic E-state index is 12.2. The number of hydrogen-bond donors (Lipinski definition) is 3. The third-order valence-electron chi connectivity index (χ3n) is 3.21. The van der Waals surface area contributed by atoms with Crippen molar-refractivity contribution in [3.63, 3.8) is 0 Å². The Bertz CT molecular complexity index is 513. The summed E-state index contributed by atoms with van der Waals surface area (Å²) in [5, 5.41) is 9.15. The second-order valence-corrected chi connectivity index (χ2v) is 5.32. The van der Waals surface area contributed by atoms with Gasteiger partial charge < -0.3 is 16.0 Å². The number of hydrogen-bond acceptors (Lipinski definition) is 3. The average molecular weight is 296 g/mol. The monoisotopic (exact) mass is 295 g/mol. The highest BCUT2D eigenvalue weighted by Gasteiger charge is 2.21. The first-order valence-corrected chi connectivity index (χ1v) is 7.03. The van der Waals surface area contributed by atoms with Gasteiger partial charge in [-0.05, 0) is 37.6 Å². The van der Waals surface area contributed by atoms with Gasteiger partial charge in [0.2, 0.25) is 11.8 Å². The maximum atomic E-state index is 12.2. The SMILES string of the molecule is CC(=O)Nc1ccc(Cl)c(NC(=O)C2CCCNC2)c1. The van der Waals surface area contributed by atoms with Crippen LogP contribution in [-0.4, -0.2) is 24.9 Å². The molecular formula is C14H18ClN3O2. The molecule has 1 aromatic rings. The number of anilines is 2. The van der Waals surface area contributed by atoms with Gasteiger partial charge in [0.05, 0.1) is 16.6 Å². The van der Waals surface area contributed by atoms with Crippen LogP contribution < -0.4 is 16.0 Å². The van der Waals surface area contributed by atoms with Crippen molar-refractivity contribution in [1.82, 2.24) is 5.32 Å². The molecule has 1 aromatic carbocycles. The summed E-state index contributed by atoms with van der Waals surface area (Å²) in [6.07, 6.45) is 1.87. The zero-order chi connectivity index (χ0) is 14.5. The van der Waals surface area contributed by atoms with Gasteiger partial charge in [0.15, 0.2) is 0 Å². The summed E-state index contributed by atoms with van der Waals surface area (Å²) in [5.74, 6) is -0.246. The molecule has 0 aliphatic carbocycles. The Morgan fingerprint density at radius 2 is 2.15 bits per heavy atom. The molecule has 0 bridgehead atoms. The van der Waals surface area contributed by atoms with E-state index in [0.29, 0.717) is 22.9 Å². The molecule has 0 saturated carbocycles. The van der Waals surface area contributed by atoms with Crippen LogP contribution in [0, 0.1) is 5.92 Å². The lowest BCUT2D eigenvalue weighted by atomic mass is 9.99. The van der Waals surface area contributed by atoms with E-state index in [9.17, 15) is 9.59 Å². The van der Waals surface area contributed by atoms with Crippen LogP contribution >= 0.6 is 11.6 Å². The van der Waals surface area contributed by atoms with Gasteiger partial charge in [-0.15, -0.1) is 0 Å². The van der Waals surface area contributed by atoms with E-state index in [1.54, 1.807) is 18.2 Å². The highest BCUT2D eigenvalue weighted by Crippen LogP contribution is 2.26. The molecule has 1 heterocycles. The molecule has 1 saturated heterocycles. The van der Waals surface area contributed by atoms with Crippen LogP contribution in [0.5, 0.6) is 0 Å². The predicted molar refractivity (Wildman–Crippen MR) is 80.0 cm³/mol. The first-order valence-electron chi connectivity index (χ1n) is 6.65. The van der Waals surface area contributed by atoms with Gasteiger partial charge in [-0.1, -0.05) is 11.6 Å². The Hall–Kier alpha value is -1.59. The van der Waals surface area contributed by atoms with Crippen molar-refractivity contribution >= 4 is 34.8 Å². The Labute approximate surface area is 123 Å². The number of amides is 2. The molecule has 6 heteroatoms. The summed E-state index contributed by atoms with van der Waals surface area (Å²) in [6, 6.07) is 5.01. The highest BCUT2D eigenvalue weighted by molar-refractivity contribution is 6.33. The topological polar surface area (TPSA) is 70.2 Å². The van der Waals surface area contributed by atoms with Gasteiger partial charge >= 0.3 is 0 Å². The number of benzene rings is 1. The summed E-state index contributed by atoms with van der Waals surface area (Å²) in [7, 11) is 0. The molecule has 0 radical (unpaired) electrons. The number of rotatable bonds is 3. The van der Waals surface area contributed by atoms with Gasteiger partial charge in [0.25, 0.3) is 0 Å². The summed E-state index contributed by atoms with van der Waals surface area (Å²) in [4.78, 5) is 23.2. The second-order valence-electron chi connectivity index (χ2n) is 4.91. The predicted octanol–water partition coefficient (Wildman–Crippen LogP) is 2.24. The van der Waals surface area contributed by atoms with Crippen molar-refractivity contribution in [2.45, 2.75) is 19.8 Å². The van der Waals surface area contributed by atoms with Crippen molar-refractivity contribution in [3.8, 4) is 0 Å². The van der Waals surface area contributed by atoms with Crippen molar-refractivity contribution < 1.29 is 9.59 Å². The van der Waals surface area contributed by atoms with E-state index in [2.05, 4.69) is 16.0 Å². The van der Waals surface area contributed by atoms with E-state index in [0.717, 1.165) is 19.4 Å². The standard InChI is InChI=1S/C14H18ClN3O2/c1-9(19)17-11-4-5-12(15)13(7-11)18-14(20)10-3-2-6-16-8-10/h4-5,7,10,16H,2-3,6,8H2,1H3,(H,17,19)(H,18,20). The van der Waals surface area contributed by atoms with E-state index in [4.69, 9.17) is 11.6 Å². The highest BCUT2D eigenvalue weighted by atomic mass is 35.5. The molecular weight excluding hydrogens is 278 g/mol. The zero-order valence-corrected chi connectivity index (χ0v) is 12.1. The first kappa shape index (κ1) is 14.8. The van der Waals surface area contributed by atoms with Crippen LogP contribution in [0.15, 0.2) is 18.2 Å². The Kier molecular flexibility index (Phi) is 4.98. The maximum Gasteiger partial charge on any atom is 0.228 e. The van der Waals surface area contributed by atoms with Crippen LogP contribution in [0.2, 0.25) is 5.02 Å². The molecule has 1 aliphatic heterocycles. The fourth-order valence-electron chi connectivity index (χ4n) is 2.21. The molecule has 2 rings (SSSR count). The molecule has 1 atom stereocenters. The lowest BCUT2D eigenvalue weighted by Gasteiger charge is -2.22. The quantitative estimate of drug-likeness (QED) is 0.801. The second kappa shape index (κ2) is 6.72. The van der Waals surface area contributed by atoms with E-state index in [1.807, 2.05) is 0 Å². The van der Waals surface area contributed by atoms with Gasteiger partial charge in [-0.25, -0.2) is 0 Å². The smallest absolute Gasteiger partial charge is 0.228 e. The van der Waals surface area contributed by atoms with Gasteiger partial charge in [0, 0.05) is 19.2 Å². The fourth-order valence-corrected chi connectivity index (χ4v) is 2.38. The van der Waals surface area contributed by atoms with Gasteiger partial charge in [-0.3, -0.25) is 9.59 Å². The lowest BCUT2D eigenvalue weighted by molar-refractivity contribution is -0.120. The molecule has 1 aliphatic rings. The number of piperidine rings is 1. The molecule has 3 N–H and O–H groups in total. The number of carbonyl (C=O) groups excluding carboxylic acids is 2. The Morgan fingerprint density at radius 1 is 1.35 bits per heavy atom. The van der Waals surface area contributed by atoms with E-state index < -0.39 is 0 Å². The van der Waals surface area contributed by atoms with E-state index >= 15 is 0 Å². The summed E-state index contributed by atoms with van der Waals surface area (Å²) >= 11 is 6.07. The molecule has 1 fully saturated rings. The third kappa shape index (κ3) is 3.95. The van der Waals surface area contributed by atoms with Crippen LogP contribution in [0.3, 0.4) is 0 Å². The Morgan fingerprint density at radius 3 is 2.80 bits per heavy atom. The molecule has 2 amide bonds. The molecule has 0 spiro atoms. The van der Waals surface area contributed by atoms with Crippen molar-refractivity contribution in [2.24, 2.45) is 5.92 Å². The average Bonchev–Trinajstić information content (AvgIpc) is 2.43. The molecule has 5 nitrogen and oxygen atoms in total. The van der Waals surface area contributed by atoms with Crippen molar-refractivity contribution in [3.05, 3.63) is 23.2 Å². The zero-order valence-electron chi connectivity index (χ0n) is 11.3. The van der Waals surface area contributed by atoms with Gasteiger partial charge in [0.1, 0.15) is 0 Å². The lowest BCUT2D eigenvalue weighted by Crippen LogP contribution is -2.37. The number of halogens is 1. The largest absolute Gasteiger partial charge is 0.326 e. The summed E-state index contributed by atoms with van der Waals surface area (Å²) in [5.41, 5.74) is 1.13. The number of carbonyl (C=O) groups is 2. The first-order chi connectivity index (χ1) is 9.56. The van der Waals surface area contributed by atoms with Crippen molar-refractivity contribution in [1.29, 1.82) is 0 Å². The minimum Gasteiger partial charge on any atom is -0.326 e. The molecule has 1 unspecified atom stereocenters. The number of nitrogens with one attached hydrogen (secondary N) is 3. The van der Waals surface area contributed by atoms with E-state index in [1.165, 1.54) is 6.92 Å². The summed E-state index contributed by atoms with van der Waals surface area (Å²) in [6.45, 7) is 3.08. The molecule has 108 valence electrons. The van der Waals surface area contributed by atoms with Gasteiger partial charge in [-0.2, -0.15) is 0 Å². The van der Waals surface area contributed by atoms with Crippen LogP contribution in [0.4, 0.5) is 11.4 Å². The van der Waals surface area contributed by atoms with E-state index in [-0.39, 0.29) is 17.7 Å². The Balaban J connectivity index is 2.07. The van der Waals surface area contributed by atoms with Crippen molar-refractivity contribution in [2.75, 3.05) is 23.7 Å². The fraction of sp³-hybridized carbons (Fsp3) is 0.429. The minimum atomic E-state index is -0.166. The van der Waals surface area contributed by atoms with Crippen LogP contribution in [0.25, 0.3) is 0 Å². The van der Waals surface area contributed by atoms with Crippen LogP contribution in [0.1, 0.15) is 19.8 Å². The third-order valence-corrected chi connectivity index (χ3v) is 3.54. The van der Waals surface area contributed by atoms with Crippen LogP contribution in [-0.2, 0) is 9.59 Å².